The predicted octanol–water partition coefficient (Wildman–Crippen LogP) is 7.51. The standard InChI is InChI=1S/C34H22O6/c35-25-14-9-22(10-15-25)33(37)39-27-19-24-6-2-3-7-28(24)30(20-27)32-29-8-4-1-5-21(29)13-18-31(32)40-34(38)23-11-16-26(36)17-12-23/h1-20,35-36H. The number of phenolic OH excluding ortho intramolecular Hbond substituents is 2. The molecule has 6 nitrogen and oxygen atoms in total. The van der Waals surface area contributed by atoms with Crippen LogP contribution in [-0.2, 0) is 0 Å². The van der Waals surface area contributed by atoms with Gasteiger partial charge < -0.3 is 19.7 Å². The van der Waals surface area contributed by atoms with Gasteiger partial charge in [0, 0.05) is 5.56 Å². The van der Waals surface area contributed by atoms with E-state index in [2.05, 4.69) is 0 Å². The van der Waals surface area contributed by atoms with Crippen LogP contribution >= 0.6 is 0 Å². The second-order valence-corrected chi connectivity index (χ2v) is 9.22. The van der Waals surface area contributed by atoms with E-state index in [-0.39, 0.29) is 11.5 Å². The highest BCUT2D eigenvalue weighted by atomic mass is 16.5. The zero-order chi connectivity index (χ0) is 27.6. The van der Waals surface area contributed by atoms with E-state index in [4.69, 9.17) is 9.47 Å². The molecule has 0 bridgehead atoms. The lowest BCUT2D eigenvalue weighted by Gasteiger charge is -2.17. The fourth-order valence-electron chi connectivity index (χ4n) is 4.68. The van der Waals surface area contributed by atoms with Crippen molar-refractivity contribution in [3.63, 3.8) is 0 Å². The number of aromatic hydroxyl groups is 2. The van der Waals surface area contributed by atoms with Crippen LogP contribution in [-0.4, -0.2) is 22.2 Å². The fraction of sp³-hybridized carbons (Fsp3) is 0. The van der Waals surface area contributed by atoms with Crippen molar-refractivity contribution < 1.29 is 29.3 Å². The second kappa shape index (κ2) is 10.3. The number of ether oxygens (including phenoxy) is 2. The van der Waals surface area contributed by atoms with Crippen LogP contribution in [0.15, 0.2) is 121 Å². The molecule has 0 heterocycles. The zero-order valence-electron chi connectivity index (χ0n) is 21.1. The first-order valence-corrected chi connectivity index (χ1v) is 12.5. The highest BCUT2D eigenvalue weighted by Gasteiger charge is 2.20. The van der Waals surface area contributed by atoms with Crippen molar-refractivity contribution in [1.29, 1.82) is 0 Å². The third-order valence-electron chi connectivity index (χ3n) is 6.61. The average molecular weight is 527 g/mol. The van der Waals surface area contributed by atoms with E-state index in [0.717, 1.165) is 27.1 Å². The summed E-state index contributed by atoms with van der Waals surface area (Å²) in [6.45, 7) is 0. The fourth-order valence-corrected chi connectivity index (χ4v) is 4.68. The van der Waals surface area contributed by atoms with Gasteiger partial charge in [0.15, 0.2) is 0 Å². The quantitative estimate of drug-likeness (QED) is 0.178. The van der Waals surface area contributed by atoms with Crippen LogP contribution in [0.4, 0.5) is 0 Å². The van der Waals surface area contributed by atoms with Crippen molar-refractivity contribution >= 4 is 33.5 Å². The Morgan fingerprint density at radius 3 is 1.73 bits per heavy atom. The summed E-state index contributed by atoms with van der Waals surface area (Å²) in [5.74, 6) is -0.392. The molecule has 6 rings (SSSR count). The van der Waals surface area contributed by atoms with Crippen LogP contribution in [0.5, 0.6) is 23.0 Å². The van der Waals surface area contributed by atoms with Crippen LogP contribution in [0, 0.1) is 0 Å². The molecule has 0 atom stereocenters. The monoisotopic (exact) mass is 526 g/mol. The Morgan fingerprint density at radius 2 is 1.07 bits per heavy atom. The summed E-state index contributed by atoms with van der Waals surface area (Å²) in [4.78, 5) is 26.0. The molecule has 0 fully saturated rings. The normalized spacial score (nSPS) is 10.9. The number of esters is 2. The molecule has 0 aliphatic carbocycles. The molecule has 194 valence electrons. The maximum atomic E-state index is 13.1. The van der Waals surface area contributed by atoms with Crippen LogP contribution < -0.4 is 9.47 Å². The first-order valence-electron chi connectivity index (χ1n) is 12.5. The molecule has 6 aromatic carbocycles. The Kier molecular flexibility index (Phi) is 6.34. The van der Waals surface area contributed by atoms with Crippen molar-refractivity contribution in [3.8, 4) is 34.1 Å². The van der Waals surface area contributed by atoms with Gasteiger partial charge in [-0.3, -0.25) is 0 Å². The molecular formula is C34H22O6. The smallest absolute Gasteiger partial charge is 0.343 e. The number of carbonyl (C=O) groups is 2. The van der Waals surface area contributed by atoms with E-state index >= 15 is 0 Å². The largest absolute Gasteiger partial charge is 0.508 e. The molecule has 0 unspecified atom stereocenters. The Bertz CT molecular complexity index is 1890. The van der Waals surface area contributed by atoms with Crippen molar-refractivity contribution in [2.24, 2.45) is 0 Å². The molecule has 6 aromatic rings. The van der Waals surface area contributed by atoms with Crippen LogP contribution in [0.2, 0.25) is 0 Å². The molecule has 0 spiro atoms. The lowest BCUT2D eigenvalue weighted by atomic mass is 9.92. The first kappa shape index (κ1) is 24.7. The molecule has 0 aliphatic heterocycles. The van der Waals surface area contributed by atoms with Crippen molar-refractivity contribution in [2.75, 3.05) is 0 Å². The van der Waals surface area contributed by atoms with E-state index in [0.29, 0.717) is 28.2 Å². The number of hydrogen-bond donors (Lipinski definition) is 2. The average Bonchev–Trinajstić information content (AvgIpc) is 2.97. The zero-order valence-corrected chi connectivity index (χ0v) is 21.1. The number of fused-ring (bicyclic) bond motifs is 2. The van der Waals surface area contributed by atoms with Gasteiger partial charge in [-0.15, -0.1) is 0 Å². The van der Waals surface area contributed by atoms with Gasteiger partial charge in [0.1, 0.15) is 23.0 Å². The Balaban J connectivity index is 1.50. The molecule has 2 N–H and O–H groups in total. The third-order valence-corrected chi connectivity index (χ3v) is 6.61. The van der Waals surface area contributed by atoms with Gasteiger partial charge in [-0.1, -0.05) is 54.6 Å². The second-order valence-electron chi connectivity index (χ2n) is 9.22. The number of carbonyl (C=O) groups excluding carboxylic acids is 2. The van der Waals surface area contributed by atoms with Gasteiger partial charge in [0.05, 0.1) is 11.1 Å². The topological polar surface area (TPSA) is 93.1 Å². The first-order chi connectivity index (χ1) is 19.5. The van der Waals surface area contributed by atoms with E-state index < -0.39 is 11.9 Å². The van der Waals surface area contributed by atoms with Gasteiger partial charge in [-0.05, 0) is 93.8 Å². The number of benzene rings is 6. The Morgan fingerprint density at radius 1 is 0.525 bits per heavy atom. The summed E-state index contributed by atoms with van der Waals surface area (Å²) in [7, 11) is 0. The molecule has 0 aliphatic rings. The Hall–Kier alpha value is -5.62. The van der Waals surface area contributed by atoms with E-state index in [1.165, 1.54) is 48.5 Å². The maximum absolute atomic E-state index is 13.1. The van der Waals surface area contributed by atoms with Gasteiger partial charge in [-0.2, -0.15) is 0 Å². The summed E-state index contributed by atoms with van der Waals surface area (Å²) in [6.07, 6.45) is 0. The summed E-state index contributed by atoms with van der Waals surface area (Å²) in [5, 5.41) is 22.7. The minimum Gasteiger partial charge on any atom is -0.508 e. The molecule has 0 saturated carbocycles. The van der Waals surface area contributed by atoms with Gasteiger partial charge in [0.2, 0.25) is 0 Å². The van der Waals surface area contributed by atoms with Crippen LogP contribution in [0.3, 0.4) is 0 Å². The number of phenols is 2. The van der Waals surface area contributed by atoms with Crippen molar-refractivity contribution in [3.05, 3.63) is 132 Å². The minimum absolute atomic E-state index is 0.0491. The van der Waals surface area contributed by atoms with E-state index in [1.807, 2.05) is 54.6 Å². The lowest BCUT2D eigenvalue weighted by Crippen LogP contribution is -2.09. The molecule has 6 heteroatoms. The predicted molar refractivity (Wildman–Crippen MR) is 153 cm³/mol. The van der Waals surface area contributed by atoms with Gasteiger partial charge in [0.25, 0.3) is 0 Å². The highest BCUT2D eigenvalue weighted by molar-refractivity contribution is 6.09. The summed E-state index contributed by atoms with van der Waals surface area (Å²) in [5.41, 5.74) is 1.97. The van der Waals surface area contributed by atoms with Crippen LogP contribution in [0.25, 0.3) is 32.7 Å². The maximum Gasteiger partial charge on any atom is 0.343 e. The van der Waals surface area contributed by atoms with Crippen LogP contribution in [0.1, 0.15) is 20.7 Å². The van der Waals surface area contributed by atoms with Crippen molar-refractivity contribution in [1.82, 2.24) is 0 Å². The molecule has 0 saturated heterocycles. The lowest BCUT2D eigenvalue weighted by molar-refractivity contribution is 0.0726. The SMILES string of the molecule is O=C(Oc1cc(-c2c(OC(=O)c3ccc(O)cc3)ccc3ccccc23)c2ccccc2c1)c1ccc(O)cc1. The highest BCUT2D eigenvalue weighted by Crippen LogP contribution is 2.42. The molecule has 0 aromatic heterocycles. The molecule has 0 amide bonds. The van der Waals surface area contributed by atoms with E-state index in [9.17, 15) is 19.8 Å². The van der Waals surface area contributed by atoms with E-state index in [1.54, 1.807) is 18.2 Å². The minimum atomic E-state index is -0.573. The summed E-state index contributed by atoms with van der Waals surface area (Å²) >= 11 is 0. The number of hydrogen-bond acceptors (Lipinski definition) is 6. The number of rotatable bonds is 5. The molecular weight excluding hydrogens is 504 g/mol. The van der Waals surface area contributed by atoms with Gasteiger partial charge in [-0.25, -0.2) is 9.59 Å². The summed E-state index contributed by atoms with van der Waals surface area (Å²) < 4.78 is 11.7. The van der Waals surface area contributed by atoms with Gasteiger partial charge >= 0.3 is 11.9 Å². The Labute approximate surface area is 229 Å². The molecule has 0 radical (unpaired) electrons. The summed E-state index contributed by atoms with van der Waals surface area (Å²) in [6, 6.07) is 34.3. The molecule has 40 heavy (non-hydrogen) atoms. The third kappa shape index (κ3) is 4.81. The van der Waals surface area contributed by atoms with Crippen molar-refractivity contribution in [2.45, 2.75) is 0 Å².